The highest BCUT2D eigenvalue weighted by molar-refractivity contribution is 5.89. The van der Waals surface area contributed by atoms with Crippen molar-refractivity contribution in [3.8, 4) is 5.75 Å². The summed E-state index contributed by atoms with van der Waals surface area (Å²) < 4.78 is 15.9. The molecule has 0 amide bonds. The van der Waals surface area contributed by atoms with Crippen molar-refractivity contribution in [1.29, 1.82) is 0 Å². The number of esters is 2. The van der Waals surface area contributed by atoms with Gasteiger partial charge in [0.2, 0.25) is 0 Å². The van der Waals surface area contributed by atoms with Crippen LogP contribution in [0.25, 0.3) is 11.0 Å². The van der Waals surface area contributed by atoms with E-state index in [0.29, 0.717) is 24.3 Å². The SMILES string of the molecule is CCOC(=O)c1ccc(OC(=O)CCc2cc3ccccc3o2)cc1. The van der Waals surface area contributed by atoms with Crippen LogP contribution in [0.1, 0.15) is 29.5 Å². The minimum atomic E-state index is -0.398. The van der Waals surface area contributed by atoms with Gasteiger partial charge in [-0.3, -0.25) is 4.79 Å². The molecule has 3 aromatic rings. The van der Waals surface area contributed by atoms with Gasteiger partial charge in [0.15, 0.2) is 0 Å². The third-order valence-electron chi connectivity index (χ3n) is 3.65. The van der Waals surface area contributed by atoms with Gasteiger partial charge in [0.25, 0.3) is 0 Å². The van der Waals surface area contributed by atoms with E-state index in [1.54, 1.807) is 31.2 Å². The van der Waals surface area contributed by atoms with Crippen molar-refractivity contribution in [3.63, 3.8) is 0 Å². The van der Waals surface area contributed by atoms with Gasteiger partial charge in [0.05, 0.1) is 18.6 Å². The van der Waals surface area contributed by atoms with Crippen LogP contribution in [0.15, 0.2) is 59.0 Å². The molecule has 0 unspecified atom stereocenters. The third-order valence-corrected chi connectivity index (χ3v) is 3.65. The van der Waals surface area contributed by atoms with Crippen molar-refractivity contribution in [2.75, 3.05) is 6.61 Å². The van der Waals surface area contributed by atoms with Crippen LogP contribution in [0, 0.1) is 0 Å². The molecule has 0 N–H and O–H groups in total. The number of benzene rings is 2. The molecule has 25 heavy (non-hydrogen) atoms. The van der Waals surface area contributed by atoms with Crippen LogP contribution in [-0.4, -0.2) is 18.5 Å². The maximum atomic E-state index is 12.0. The lowest BCUT2D eigenvalue weighted by molar-refractivity contribution is -0.134. The molecule has 0 aliphatic rings. The summed E-state index contributed by atoms with van der Waals surface area (Å²) in [5.41, 5.74) is 1.23. The summed E-state index contributed by atoms with van der Waals surface area (Å²) in [6, 6.07) is 15.9. The number of fused-ring (bicyclic) bond motifs is 1. The zero-order valence-electron chi connectivity index (χ0n) is 13.9. The zero-order valence-corrected chi connectivity index (χ0v) is 13.9. The van der Waals surface area contributed by atoms with Crippen molar-refractivity contribution in [2.45, 2.75) is 19.8 Å². The second-order valence-electron chi connectivity index (χ2n) is 5.47. The summed E-state index contributed by atoms with van der Waals surface area (Å²) in [5, 5.41) is 1.01. The summed E-state index contributed by atoms with van der Waals surface area (Å²) in [4.78, 5) is 23.5. The Balaban J connectivity index is 1.54. The van der Waals surface area contributed by atoms with E-state index in [2.05, 4.69) is 0 Å². The van der Waals surface area contributed by atoms with Gasteiger partial charge in [-0.15, -0.1) is 0 Å². The second kappa shape index (κ2) is 7.66. The van der Waals surface area contributed by atoms with Crippen molar-refractivity contribution in [3.05, 3.63) is 65.9 Å². The van der Waals surface area contributed by atoms with Crippen LogP contribution in [-0.2, 0) is 16.0 Å². The van der Waals surface area contributed by atoms with E-state index < -0.39 is 5.97 Å². The van der Waals surface area contributed by atoms with Crippen LogP contribution < -0.4 is 4.74 Å². The van der Waals surface area contributed by atoms with E-state index in [4.69, 9.17) is 13.9 Å². The molecule has 0 atom stereocenters. The molecule has 0 saturated carbocycles. The smallest absolute Gasteiger partial charge is 0.338 e. The van der Waals surface area contributed by atoms with E-state index in [1.165, 1.54) is 0 Å². The summed E-state index contributed by atoms with van der Waals surface area (Å²) in [7, 11) is 0. The van der Waals surface area contributed by atoms with Crippen LogP contribution >= 0.6 is 0 Å². The molecule has 0 fully saturated rings. The molecule has 5 nitrogen and oxygen atoms in total. The zero-order chi connectivity index (χ0) is 17.6. The van der Waals surface area contributed by atoms with Crippen LogP contribution in [0.3, 0.4) is 0 Å². The first-order valence-corrected chi connectivity index (χ1v) is 8.11. The van der Waals surface area contributed by atoms with E-state index in [-0.39, 0.29) is 12.4 Å². The quantitative estimate of drug-likeness (QED) is 0.499. The number of hydrogen-bond acceptors (Lipinski definition) is 5. The Kier molecular flexibility index (Phi) is 5.14. The fraction of sp³-hybridized carbons (Fsp3) is 0.200. The van der Waals surface area contributed by atoms with Crippen LogP contribution in [0.2, 0.25) is 0 Å². The fourth-order valence-corrected chi connectivity index (χ4v) is 2.44. The number of hydrogen-bond donors (Lipinski definition) is 0. The van der Waals surface area contributed by atoms with Crippen LogP contribution in [0.4, 0.5) is 0 Å². The molecule has 0 saturated heterocycles. The normalized spacial score (nSPS) is 10.6. The molecule has 0 aliphatic carbocycles. The first-order valence-electron chi connectivity index (χ1n) is 8.11. The molecule has 2 aromatic carbocycles. The van der Waals surface area contributed by atoms with Gasteiger partial charge in [-0.2, -0.15) is 0 Å². The molecule has 0 radical (unpaired) electrons. The predicted octanol–water partition coefficient (Wildman–Crippen LogP) is 4.15. The van der Waals surface area contributed by atoms with E-state index in [1.807, 2.05) is 30.3 Å². The second-order valence-corrected chi connectivity index (χ2v) is 5.47. The molecule has 0 bridgehead atoms. The summed E-state index contributed by atoms with van der Waals surface area (Å²) >= 11 is 0. The third kappa shape index (κ3) is 4.26. The molecule has 1 aromatic heterocycles. The molecule has 1 heterocycles. The maximum Gasteiger partial charge on any atom is 0.338 e. The Morgan fingerprint density at radius 2 is 1.80 bits per heavy atom. The molecule has 128 valence electrons. The standard InChI is InChI=1S/C20H18O5/c1-2-23-20(22)14-7-9-16(10-8-14)25-19(21)12-11-17-13-15-5-3-4-6-18(15)24-17/h3-10,13H,2,11-12H2,1H3. The van der Waals surface area contributed by atoms with Gasteiger partial charge in [-0.25, -0.2) is 4.79 Å². The van der Waals surface area contributed by atoms with E-state index >= 15 is 0 Å². The Bertz CT molecular complexity index is 843. The Labute approximate surface area is 145 Å². The Morgan fingerprint density at radius 1 is 1.04 bits per heavy atom. The number of para-hydroxylation sites is 1. The van der Waals surface area contributed by atoms with Crippen molar-refractivity contribution in [2.24, 2.45) is 0 Å². The van der Waals surface area contributed by atoms with E-state index in [0.717, 1.165) is 16.7 Å². The summed E-state index contributed by atoms with van der Waals surface area (Å²) in [6.07, 6.45) is 0.674. The first kappa shape index (κ1) is 16.8. The van der Waals surface area contributed by atoms with Gasteiger partial charge in [-0.1, -0.05) is 18.2 Å². The minimum absolute atomic E-state index is 0.208. The number of carbonyl (C=O) groups is 2. The molecular weight excluding hydrogens is 320 g/mol. The highest BCUT2D eigenvalue weighted by atomic mass is 16.5. The highest BCUT2D eigenvalue weighted by Gasteiger charge is 2.10. The minimum Gasteiger partial charge on any atom is -0.462 e. The molecular formula is C20H18O5. The Morgan fingerprint density at radius 3 is 2.52 bits per heavy atom. The molecule has 3 rings (SSSR count). The molecule has 0 spiro atoms. The Hall–Kier alpha value is -3.08. The average molecular weight is 338 g/mol. The van der Waals surface area contributed by atoms with E-state index in [9.17, 15) is 9.59 Å². The van der Waals surface area contributed by atoms with Gasteiger partial charge in [-0.05, 0) is 43.3 Å². The highest BCUT2D eigenvalue weighted by Crippen LogP contribution is 2.20. The molecule has 5 heteroatoms. The number of aryl methyl sites for hydroxylation is 1. The number of ether oxygens (including phenoxy) is 2. The monoisotopic (exact) mass is 338 g/mol. The lowest BCUT2D eigenvalue weighted by Gasteiger charge is -2.05. The van der Waals surface area contributed by atoms with Gasteiger partial charge in [0, 0.05) is 11.8 Å². The summed E-state index contributed by atoms with van der Waals surface area (Å²) in [6.45, 7) is 2.06. The number of furan rings is 1. The van der Waals surface area contributed by atoms with Gasteiger partial charge < -0.3 is 13.9 Å². The van der Waals surface area contributed by atoms with Crippen molar-refractivity contribution < 1.29 is 23.5 Å². The van der Waals surface area contributed by atoms with Crippen molar-refractivity contribution >= 4 is 22.9 Å². The van der Waals surface area contributed by atoms with Gasteiger partial charge in [0.1, 0.15) is 17.1 Å². The summed E-state index contributed by atoms with van der Waals surface area (Å²) in [5.74, 6) is 0.382. The lowest BCUT2D eigenvalue weighted by atomic mass is 10.2. The predicted molar refractivity (Wildman–Crippen MR) is 92.6 cm³/mol. The fourth-order valence-electron chi connectivity index (χ4n) is 2.44. The number of carbonyl (C=O) groups excluding carboxylic acids is 2. The van der Waals surface area contributed by atoms with Crippen molar-refractivity contribution in [1.82, 2.24) is 0 Å². The molecule has 0 aliphatic heterocycles. The number of rotatable bonds is 6. The van der Waals surface area contributed by atoms with Gasteiger partial charge >= 0.3 is 11.9 Å². The largest absolute Gasteiger partial charge is 0.462 e. The van der Waals surface area contributed by atoms with Crippen LogP contribution in [0.5, 0.6) is 5.75 Å². The average Bonchev–Trinajstić information content (AvgIpc) is 3.04. The maximum absolute atomic E-state index is 12.0. The topological polar surface area (TPSA) is 65.7 Å². The first-order chi connectivity index (χ1) is 12.2. The lowest BCUT2D eigenvalue weighted by Crippen LogP contribution is -2.09.